The first-order chi connectivity index (χ1) is 6.36. The van der Waals surface area contributed by atoms with E-state index in [1.165, 1.54) is 0 Å². The van der Waals surface area contributed by atoms with Crippen LogP contribution >= 0.6 is 0 Å². The van der Waals surface area contributed by atoms with Crippen LogP contribution in [0.25, 0.3) is 0 Å². The van der Waals surface area contributed by atoms with Gasteiger partial charge in [-0.1, -0.05) is 11.5 Å². The van der Waals surface area contributed by atoms with E-state index in [0.717, 1.165) is 25.1 Å². The van der Waals surface area contributed by atoms with Crippen LogP contribution in [0.1, 0.15) is 12.8 Å². The van der Waals surface area contributed by atoms with E-state index in [0.29, 0.717) is 6.42 Å². The second-order valence-electron chi connectivity index (χ2n) is 3.26. The molecule has 1 saturated heterocycles. The number of likely N-dealkylation sites (tertiary alicyclic amines) is 1. The van der Waals surface area contributed by atoms with Crippen LogP contribution in [0.15, 0.2) is 35.3 Å². The number of hydrogen-bond donors (Lipinski definition) is 0. The van der Waals surface area contributed by atoms with Crippen molar-refractivity contribution in [2.75, 3.05) is 13.1 Å². The Bertz CT molecular complexity index is 352. The highest BCUT2D eigenvalue weighted by Crippen LogP contribution is 2.12. The Morgan fingerprint density at radius 2 is 2.38 bits per heavy atom. The van der Waals surface area contributed by atoms with Crippen LogP contribution in [-0.4, -0.2) is 23.9 Å². The Hall–Kier alpha value is -1.49. The van der Waals surface area contributed by atoms with Gasteiger partial charge in [-0.3, -0.25) is 4.79 Å². The summed E-state index contributed by atoms with van der Waals surface area (Å²) in [5.74, 6) is 0.271. The zero-order valence-corrected chi connectivity index (χ0v) is 7.42. The average Bonchev–Trinajstić information content (AvgIpc) is 2.54. The quantitative estimate of drug-likeness (QED) is 0.578. The van der Waals surface area contributed by atoms with Gasteiger partial charge in [0, 0.05) is 19.5 Å². The molecule has 0 aromatic rings. The maximum atomic E-state index is 11.3. The van der Waals surface area contributed by atoms with Crippen LogP contribution in [0, 0.1) is 0 Å². The Kier molecular flexibility index (Phi) is 2.18. The van der Waals surface area contributed by atoms with E-state index in [9.17, 15) is 4.79 Å². The zero-order valence-electron chi connectivity index (χ0n) is 7.42. The zero-order chi connectivity index (χ0) is 9.10. The van der Waals surface area contributed by atoms with Crippen LogP contribution in [0.2, 0.25) is 0 Å². The monoisotopic (exact) mass is 173 g/mol. The molecule has 2 rings (SSSR count). The highest BCUT2D eigenvalue weighted by atomic mass is 16.2. The lowest BCUT2D eigenvalue weighted by Gasteiger charge is -2.15. The summed E-state index contributed by atoms with van der Waals surface area (Å²) in [5, 5.41) is 0. The van der Waals surface area contributed by atoms with E-state index in [1.807, 2.05) is 23.1 Å². The first-order valence-electron chi connectivity index (χ1n) is 4.51. The molecular weight excluding hydrogens is 162 g/mol. The summed E-state index contributed by atoms with van der Waals surface area (Å²) in [6.45, 7) is 1.63. The molecule has 0 aromatic carbocycles. The average molecular weight is 173 g/mol. The van der Waals surface area contributed by atoms with Crippen LogP contribution in [0.4, 0.5) is 0 Å². The molecule has 1 aliphatic carbocycles. The molecule has 13 heavy (non-hydrogen) atoms. The Labute approximate surface area is 77.5 Å². The third-order valence-corrected chi connectivity index (χ3v) is 2.27. The summed E-state index contributed by atoms with van der Waals surface area (Å²) in [4.78, 5) is 13.2. The Morgan fingerprint density at radius 3 is 3.00 bits per heavy atom. The molecular formula is C11H11NO. The standard InChI is InChI=1S/C11H11NO/c13-11-7-4-8-12(11)9-10-5-2-1-3-6-10/h2,5-6H,4,7-9H2. The first-order valence-corrected chi connectivity index (χ1v) is 4.51. The minimum Gasteiger partial charge on any atom is -0.338 e. The number of rotatable bonds is 2. The van der Waals surface area contributed by atoms with Gasteiger partial charge in [-0.05, 0) is 30.2 Å². The van der Waals surface area contributed by atoms with Crippen molar-refractivity contribution in [3.63, 3.8) is 0 Å². The molecule has 0 unspecified atom stereocenters. The molecule has 1 aliphatic heterocycles. The summed E-state index contributed by atoms with van der Waals surface area (Å²) >= 11 is 0. The van der Waals surface area contributed by atoms with Gasteiger partial charge in [-0.2, -0.15) is 0 Å². The fourth-order valence-corrected chi connectivity index (χ4v) is 1.57. The SMILES string of the molecule is O=C1CCCN1CC1=CC=C=C=C1. The van der Waals surface area contributed by atoms with Crippen molar-refractivity contribution in [3.8, 4) is 0 Å². The highest BCUT2D eigenvalue weighted by molar-refractivity contribution is 5.78. The molecule has 0 spiro atoms. The normalized spacial score (nSPS) is 19.8. The van der Waals surface area contributed by atoms with E-state index in [4.69, 9.17) is 0 Å². The number of allylic oxidation sites excluding steroid dienone is 2. The predicted octanol–water partition coefficient (Wildman–Crippen LogP) is 1.42. The summed E-state index contributed by atoms with van der Waals surface area (Å²) < 4.78 is 0. The number of carbonyl (C=O) groups excluding carboxylic acids is 1. The van der Waals surface area contributed by atoms with Gasteiger partial charge in [0.15, 0.2) is 0 Å². The van der Waals surface area contributed by atoms with Crippen molar-refractivity contribution < 1.29 is 4.79 Å². The predicted molar refractivity (Wildman–Crippen MR) is 50.1 cm³/mol. The van der Waals surface area contributed by atoms with Crippen molar-refractivity contribution in [1.82, 2.24) is 4.90 Å². The lowest BCUT2D eigenvalue weighted by atomic mass is 10.2. The third-order valence-electron chi connectivity index (χ3n) is 2.27. The van der Waals surface area contributed by atoms with E-state index >= 15 is 0 Å². The maximum Gasteiger partial charge on any atom is 0.222 e. The fraction of sp³-hybridized carbons (Fsp3) is 0.364. The molecule has 66 valence electrons. The van der Waals surface area contributed by atoms with Crippen LogP contribution < -0.4 is 0 Å². The second kappa shape index (κ2) is 3.49. The van der Waals surface area contributed by atoms with Crippen molar-refractivity contribution in [1.29, 1.82) is 0 Å². The van der Waals surface area contributed by atoms with E-state index in [2.05, 4.69) is 11.5 Å². The number of nitrogens with zero attached hydrogens (tertiary/aromatic N) is 1. The van der Waals surface area contributed by atoms with Crippen molar-refractivity contribution >= 4 is 5.91 Å². The Balaban J connectivity index is 1.99. The molecule has 0 bridgehead atoms. The Morgan fingerprint density at radius 1 is 1.46 bits per heavy atom. The topological polar surface area (TPSA) is 20.3 Å². The first kappa shape index (κ1) is 8.12. The minimum atomic E-state index is 0.271. The van der Waals surface area contributed by atoms with Crippen molar-refractivity contribution in [2.45, 2.75) is 12.8 Å². The summed E-state index contributed by atoms with van der Waals surface area (Å²) in [5.41, 5.74) is 6.86. The van der Waals surface area contributed by atoms with Gasteiger partial charge < -0.3 is 4.90 Å². The highest BCUT2D eigenvalue weighted by Gasteiger charge is 2.19. The number of hydrogen-bond acceptors (Lipinski definition) is 1. The molecule has 0 N–H and O–H groups in total. The molecule has 2 nitrogen and oxygen atoms in total. The smallest absolute Gasteiger partial charge is 0.222 e. The number of amides is 1. The molecule has 0 aromatic heterocycles. The second-order valence-corrected chi connectivity index (χ2v) is 3.26. The lowest BCUT2D eigenvalue weighted by Crippen LogP contribution is -2.26. The van der Waals surface area contributed by atoms with E-state index in [1.54, 1.807) is 0 Å². The molecule has 1 fully saturated rings. The van der Waals surface area contributed by atoms with Crippen LogP contribution in [0.5, 0.6) is 0 Å². The van der Waals surface area contributed by atoms with Crippen molar-refractivity contribution in [2.24, 2.45) is 0 Å². The summed E-state index contributed by atoms with van der Waals surface area (Å²) in [6, 6.07) is 0. The molecule has 1 amide bonds. The fourth-order valence-electron chi connectivity index (χ4n) is 1.57. The maximum absolute atomic E-state index is 11.3. The third kappa shape index (κ3) is 1.81. The van der Waals surface area contributed by atoms with Gasteiger partial charge in [-0.15, -0.1) is 0 Å². The minimum absolute atomic E-state index is 0.271. The van der Waals surface area contributed by atoms with Gasteiger partial charge in [0.2, 0.25) is 5.91 Å². The van der Waals surface area contributed by atoms with Gasteiger partial charge >= 0.3 is 0 Å². The molecule has 2 aliphatic rings. The lowest BCUT2D eigenvalue weighted by molar-refractivity contribution is -0.127. The van der Waals surface area contributed by atoms with Crippen molar-refractivity contribution in [3.05, 3.63) is 35.3 Å². The van der Waals surface area contributed by atoms with Gasteiger partial charge in [-0.25, -0.2) is 0 Å². The number of carbonyl (C=O) groups is 1. The van der Waals surface area contributed by atoms with E-state index in [-0.39, 0.29) is 5.91 Å². The van der Waals surface area contributed by atoms with E-state index < -0.39 is 0 Å². The van der Waals surface area contributed by atoms with Gasteiger partial charge in [0.05, 0.1) is 0 Å². The molecule has 1 heterocycles. The molecule has 0 radical (unpaired) electrons. The van der Waals surface area contributed by atoms with Crippen LogP contribution in [-0.2, 0) is 4.79 Å². The largest absolute Gasteiger partial charge is 0.338 e. The summed E-state index contributed by atoms with van der Waals surface area (Å²) in [6.07, 6.45) is 7.40. The molecule has 2 heteroatoms. The molecule has 0 saturated carbocycles. The van der Waals surface area contributed by atoms with Crippen LogP contribution in [0.3, 0.4) is 0 Å². The molecule has 0 atom stereocenters. The van der Waals surface area contributed by atoms with Gasteiger partial charge in [0.25, 0.3) is 0 Å². The van der Waals surface area contributed by atoms with Gasteiger partial charge in [0.1, 0.15) is 0 Å². The summed E-state index contributed by atoms with van der Waals surface area (Å²) in [7, 11) is 0.